The number of ether oxygens (including phenoxy) is 2. The van der Waals surface area contributed by atoms with Crippen LogP contribution in [0.1, 0.15) is 37.6 Å². The second-order valence-electron chi connectivity index (χ2n) is 5.81. The Morgan fingerprint density at radius 2 is 2.04 bits per heavy atom. The fourth-order valence-corrected chi connectivity index (χ4v) is 4.88. The average Bonchev–Trinajstić information content (AvgIpc) is 3.21. The Kier molecular flexibility index (Phi) is 6.13. The molecule has 2 aromatic rings. The summed E-state index contributed by atoms with van der Waals surface area (Å²) in [5, 5.41) is 6.30. The number of thiocarbonyl (C=S) groups is 1. The molecule has 0 aliphatic heterocycles. The molecule has 1 amide bonds. The van der Waals surface area contributed by atoms with Crippen LogP contribution in [-0.4, -0.2) is 31.2 Å². The van der Waals surface area contributed by atoms with Gasteiger partial charge in [-0.25, -0.2) is 4.79 Å². The highest BCUT2D eigenvalue weighted by Gasteiger charge is 2.28. The van der Waals surface area contributed by atoms with Gasteiger partial charge in [0.25, 0.3) is 5.91 Å². The Morgan fingerprint density at radius 1 is 1.26 bits per heavy atom. The lowest BCUT2D eigenvalue weighted by molar-refractivity contribution is 0.0601. The van der Waals surface area contributed by atoms with Crippen molar-refractivity contribution in [2.24, 2.45) is 0 Å². The quantitative estimate of drug-likeness (QED) is 0.522. The Labute approximate surface area is 174 Å². The summed E-state index contributed by atoms with van der Waals surface area (Å²) < 4.78 is 10.9. The average molecular weight is 469 g/mol. The van der Waals surface area contributed by atoms with Crippen molar-refractivity contribution in [3.05, 3.63) is 44.2 Å². The van der Waals surface area contributed by atoms with Crippen molar-refractivity contribution in [2.45, 2.75) is 19.3 Å². The van der Waals surface area contributed by atoms with Crippen LogP contribution in [-0.2, 0) is 17.6 Å². The second-order valence-corrected chi connectivity index (χ2v) is 8.24. The van der Waals surface area contributed by atoms with Gasteiger partial charge in [0, 0.05) is 9.35 Å². The van der Waals surface area contributed by atoms with Crippen LogP contribution >= 0.6 is 39.5 Å². The maximum Gasteiger partial charge on any atom is 0.341 e. The van der Waals surface area contributed by atoms with Gasteiger partial charge >= 0.3 is 5.97 Å². The Morgan fingerprint density at radius 3 is 2.74 bits per heavy atom. The fraction of sp³-hybridized carbons (Fsp3) is 0.278. The van der Waals surface area contributed by atoms with Crippen molar-refractivity contribution in [1.82, 2.24) is 5.32 Å². The number of halogens is 1. The minimum absolute atomic E-state index is 0.104. The number of amides is 1. The van der Waals surface area contributed by atoms with Gasteiger partial charge in [-0.05, 0) is 55.2 Å². The molecule has 0 atom stereocenters. The first-order valence-corrected chi connectivity index (χ1v) is 10.1. The monoisotopic (exact) mass is 468 g/mol. The SMILES string of the molecule is COC(=O)c1c(NC(=S)NC(=O)c2cc(Br)ccc2OC)sc2c1CCC2. The lowest BCUT2D eigenvalue weighted by atomic mass is 10.1. The van der Waals surface area contributed by atoms with Gasteiger partial charge in [0.1, 0.15) is 10.8 Å². The van der Waals surface area contributed by atoms with Crippen LogP contribution < -0.4 is 15.4 Å². The van der Waals surface area contributed by atoms with E-state index >= 15 is 0 Å². The van der Waals surface area contributed by atoms with Gasteiger partial charge in [-0.2, -0.15) is 0 Å². The maximum absolute atomic E-state index is 12.6. The van der Waals surface area contributed by atoms with Crippen molar-refractivity contribution in [1.29, 1.82) is 0 Å². The van der Waals surface area contributed by atoms with Gasteiger partial charge in [-0.15, -0.1) is 11.3 Å². The molecule has 0 bridgehead atoms. The summed E-state index contributed by atoms with van der Waals surface area (Å²) in [7, 11) is 2.84. The molecular weight excluding hydrogens is 452 g/mol. The number of esters is 1. The number of benzene rings is 1. The Hall–Kier alpha value is -1.97. The first kappa shape index (κ1) is 19.8. The molecule has 2 N–H and O–H groups in total. The van der Waals surface area contributed by atoms with E-state index in [2.05, 4.69) is 26.6 Å². The zero-order valence-corrected chi connectivity index (χ0v) is 17.9. The molecule has 142 valence electrons. The molecule has 27 heavy (non-hydrogen) atoms. The van der Waals surface area contributed by atoms with Crippen LogP contribution in [0.4, 0.5) is 5.00 Å². The highest BCUT2D eigenvalue weighted by molar-refractivity contribution is 9.10. The van der Waals surface area contributed by atoms with E-state index in [9.17, 15) is 9.59 Å². The molecule has 0 fully saturated rings. The Balaban J connectivity index is 1.78. The van der Waals surface area contributed by atoms with Crippen molar-refractivity contribution in [3.8, 4) is 5.75 Å². The van der Waals surface area contributed by atoms with Crippen LogP contribution in [0.3, 0.4) is 0 Å². The predicted molar refractivity (Wildman–Crippen MR) is 112 cm³/mol. The minimum Gasteiger partial charge on any atom is -0.496 e. The number of rotatable bonds is 4. The largest absolute Gasteiger partial charge is 0.496 e. The van der Waals surface area contributed by atoms with Crippen molar-refractivity contribution < 1.29 is 19.1 Å². The topological polar surface area (TPSA) is 76.7 Å². The zero-order chi connectivity index (χ0) is 19.6. The second kappa shape index (κ2) is 8.37. The van der Waals surface area contributed by atoms with Gasteiger partial charge in [-0.3, -0.25) is 10.1 Å². The van der Waals surface area contributed by atoms with Gasteiger partial charge in [-0.1, -0.05) is 15.9 Å². The van der Waals surface area contributed by atoms with Crippen molar-refractivity contribution >= 4 is 61.5 Å². The van der Waals surface area contributed by atoms with E-state index in [4.69, 9.17) is 21.7 Å². The molecule has 1 aliphatic rings. The molecule has 0 unspecified atom stereocenters. The van der Waals surface area contributed by atoms with Crippen LogP contribution in [0.2, 0.25) is 0 Å². The minimum atomic E-state index is -0.408. The summed E-state index contributed by atoms with van der Waals surface area (Å²) in [6, 6.07) is 5.12. The lowest BCUT2D eigenvalue weighted by Crippen LogP contribution is -2.34. The molecule has 0 spiro atoms. The van der Waals surface area contributed by atoms with E-state index in [0.717, 1.165) is 34.2 Å². The maximum atomic E-state index is 12.6. The smallest absolute Gasteiger partial charge is 0.341 e. The third-order valence-corrected chi connectivity index (χ3v) is 6.08. The number of hydrogen-bond donors (Lipinski definition) is 2. The first-order valence-electron chi connectivity index (χ1n) is 8.13. The number of carbonyl (C=O) groups excluding carboxylic acids is 2. The molecule has 1 heterocycles. The van der Waals surface area contributed by atoms with Crippen molar-refractivity contribution in [2.75, 3.05) is 19.5 Å². The molecule has 1 aromatic heterocycles. The standard InChI is InChI=1S/C18H17BrN2O4S2/c1-24-12-7-6-9(19)8-11(12)15(22)20-18(26)21-16-14(17(23)25-2)10-4-3-5-13(10)27-16/h6-8H,3-5H2,1-2H3,(H2,20,21,22,26). The summed E-state index contributed by atoms with van der Waals surface area (Å²) in [4.78, 5) is 25.9. The molecule has 6 nitrogen and oxygen atoms in total. The van der Waals surface area contributed by atoms with Crippen LogP contribution in [0, 0.1) is 0 Å². The Bertz CT molecular complexity index is 926. The number of methoxy groups -OCH3 is 2. The number of nitrogens with one attached hydrogen (secondary N) is 2. The van der Waals surface area contributed by atoms with E-state index in [1.165, 1.54) is 25.6 Å². The zero-order valence-electron chi connectivity index (χ0n) is 14.7. The van der Waals surface area contributed by atoms with Crippen molar-refractivity contribution in [3.63, 3.8) is 0 Å². The van der Waals surface area contributed by atoms with Gasteiger partial charge in [0.15, 0.2) is 5.11 Å². The molecule has 0 saturated heterocycles. The summed E-state index contributed by atoms with van der Waals surface area (Å²) in [5.41, 5.74) is 1.86. The summed E-state index contributed by atoms with van der Waals surface area (Å²) >= 11 is 10.1. The fourth-order valence-electron chi connectivity index (χ4n) is 2.97. The number of carbonyl (C=O) groups is 2. The van der Waals surface area contributed by atoms with Crippen LogP contribution in [0.15, 0.2) is 22.7 Å². The number of aryl methyl sites for hydroxylation is 1. The molecule has 9 heteroatoms. The summed E-state index contributed by atoms with van der Waals surface area (Å²) in [6.45, 7) is 0. The van der Waals surface area contributed by atoms with E-state index in [-0.39, 0.29) is 5.11 Å². The molecular formula is C18H17BrN2O4S2. The number of hydrogen-bond acceptors (Lipinski definition) is 6. The van der Waals surface area contributed by atoms with E-state index in [0.29, 0.717) is 21.9 Å². The molecule has 0 saturated carbocycles. The molecule has 0 radical (unpaired) electrons. The predicted octanol–water partition coefficient (Wildman–Crippen LogP) is 3.92. The highest BCUT2D eigenvalue weighted by atomic mass is 79.9. The van der Waals surface area contributed by atoms with Crippen LogP contribution in [0.25, 0.3) is 0 Å². The van der Waals surface area contributed by atoms with Gasteiger partial charge < -0.3 is 14.8 Å². The van der Waals surface area contributed by atoms with E-state index in [1.54, 1.807) is 18.2 Å². The molecule has 1 aliphatic carbocycles. The molecule has 1 aromatic carbocycles. The highest BCUT2D eigenvalue weighted by Crippen LogP contribution is 2.39. The first-order chi connectivity index (χ1) is 12.9. The van der Waals surface area contributed by atoms with E-state index < -0.39 is 11.9 Å². The van der Waals surface area contributed by atoms with Crippen LogP contribution in [0.5, 0.6) is 5.75 Å². The van der Waals surface area contributed by atoms with Gasteiger partial charge in [0.05, 0.1) is 25.3 Å². The third-order valence-electron chi connectivity index (χ3n) is 4.17. The normalized spacial score (nSPS) is 12.3. The summed E-state index contributed by atoms with van der Waals surface area (Å²) in [6.07, 6.45) is 2.79. The third kappa shape index (κ3) is 4.15. The number of thiophene rings is 1. The number of fused-ring (bicyclic) bond motifs is 1. The number of anilines is 1. The van der Waals surface area contributed by atoms with E-state index in [1.807, 2.05) is 0 Å². The molecule has 3 rings (SSSR count). The van der Waals surface area contributed by atoms with Gasteiger partial charge in [0.2, 0.25) is 0 Å². The summed E-state index contributed by atoms with van der Waals surface area (Å²) in [5.74, 6) is -0.377. The lowest BCUT2D eigenvalue weighted by Gasteiger charge is -2.12.